The predicted octanol–water partition coefficient (Wildman–Crippen LogP) is 3.84. The van der Waals surface area contributed by atoms with E-state index in [-0.39, 0.29) is 11.9 Å². The van der Waals surface area contributed by atoms with Gasteiger partial charge in [0.1, 0.15) is 11.5 Å². The lowest BCUT2D eigenvalue weighted by Gasteiger charge is -2.29. The first kappa shape index (κ1) is 18.4. The number of nitrogens with one attached hydrogen (secondary N) is 2. The maximum absolute atomic E-state index is 13.6. The minimum absolute atomic E-state index is 0.0895. The van der Waals surface area contributed by atoms with Gasteiger partial charge in [0, 0.05) is 48.8 Å². The first-order valence-electron chi connectivity index (χ1n) is 10.9. The van der Waals surface area contributed by atoms with E-state index in [0.717, 1.165) is 42.9 Å². The Morgan fingerprint density at radius 3 is 2.68 bits per heavy atom. The quantitative estimate of drug-likeness (QED) is 0.536. The third-order valence-corrected chi connectivity index (χ3v) is 6.83. The number of para-hydroxylation sites is 1. The maximum atomic E-state index is 13.6. The summed E-state index contributed by atoms with van der Waals surface area (Å²) in [6, 6.07) is 20.6. The molecule has 4 heterocycles. The van der Waals surface area contributed by atoms with E-state index in [4.69, 9.17) is 0 Å². The summed E-state index contributed by atoms with van der Waals surface area (Å²) in [5.41, 5.74) is 2.90. The lowest BCUT2D eigenvalue weighted by molar-refractivity contribution is 0.0694. The van der Waals surface area contributed by atoms with E-state index >= 15 is 0 Å². The fourth-order valence-corrected chi connectivity index (χ4v) is 5.49. The number of nitrogens with zero attached hydrogens (tertiary/aromatic N) is 3. The Bertz CT molecular complexity index is 1170. The Morgan fingerprint density at radius 2 is 1.87 bits per heavy atom. The maximum Gasteiger partial charge on any atom is 0.270 e. The van der Waals surface area contributed by atoms with Gasteiger partial charge in [0.2, 0.25) is 0 Å². The molecule has 2 aliphatic rings. The Labute approximate surface area is 180 Å². The molecule has 31 heavy (non-hydrogen) atoms. The molecule has 2 fully saturated rings. The number of aromatic nitrogens is 3. The van der Waals surface area contributed by atoms with Crippen LogP contribution in [0.15, 0.2) is 73.1 Å². The van der Waals surface area contributed by atoms with Crippen molar-refractivity contribution in [2.75, 3.05) is 19.6 Å². The van der Waals surface area contributed by atoms with Gasteiger partial charge in [-0.05, 0) is 23.6 Å². The standard InChI is InChI=1S/C25H25N5O/c31-25(22-12-18-8-4-5-9-21(18)28-22)30-14-19-13-29(16-23-26-10-11-27-23)15-20(19)24(30)17-6-2-1-3-7-17/h1-12,19-20,24,28H,13-16H2,(H,26,27)/t19-,20-,24+/m0/s1. The van der Waals surface area contributed by atoms with Gasteiger partial charge in [0.05, 0.1) is 12.6 Å². The first-order chi connectivity index (χ1) is 15.3. The molecule has 2 aliphatic heterocycles. The fraction of sp³-hybridized carbons (Fsp3) is 0.280. The van der Waals surface area contributed by atoms with E-state index in [2.05, 4.69) is 49.0 Å². The van der Waals surface area contributed by atoms with Crippen molar-refractivity contribution >= 4 is 16.8 Å². The highest BCUT2D eigenvalue weighted by atomic mass is 16.2. The molecule has 0 radical (unpaired) electrons. The molecular formula is C25H25N5O. The fourth-order valence-electron chi connectivity index (χ4n) is 5.49. The average Bonchev–Trinajstić information content (AvgIpc) is 3.57. The number of rotatable bonds is 4. The van der Waals surface area contributed by atoms with Crippen LogP contribution in [-0.2, 0) is 6.54 Å². The number of likely N-dealkylation sites (tertiary alicyclic amines) is 2. The van der Waals surface area contributed by atoms with E-state index < -0.39 is 0 Å². The smallest absolute Gasteiger partial charge is 0.270 e. The molecule has 2 saturated heterocycles. The number of fused-ring (bicyclic) bond motifs is 2. The molecule has 6 nitrogen and oxygen atoms in total. The number of imidazole rings is 1. The largest absolute Gasteiger partial charge is 0.351 e. The molecule has 4 aromatic rings. The van der Waals surface area contributed by atoms with E-state index in [1.807, 2.05) is 42.6 Å². The molecule has 156 valence electrons. The zero-order chi connectivity index (χ0) is 20.8. The summed E-state index contributed by atoms with van der Waals surface area (Å²) in [5.74, 6) is 1.98. The number of amides is 1. The van der Waals surface area contributed by atoms with Gasteiger partial charge < -0.3 is 14.9 Å². The third kappa shape index (κ3) is 3.24. The molecule has 0 bridgehead atoms. The summed E-state index contributed by atoms with van der Waals surface area (Å²) >= 11 is 0. The second kappa shape index (κ2) is 7.39. The van der Waals surface area contributed by atoms with Gasteiger partial charge >= 0.3 is 0 Å². The SMILES string of the molecule is O=C(c1cc2ccccc2[nH]1)N1C[C@@H]2CN(Cc3ncc[nH]3)C[C@@H]2[C@H]1c1ccccc1. The Balaban J connectivity index is 1.30. The van der Waals surface area contributed by atoms with Crippen LogP contribution < -0.4 is 0 Å². The lowest BCUT2D eigenvalue weighted by Crippen LogP contribution is -2.35. The van der Waals surface area contributed by atoms with E-state index in [1.54, 1.807) is 6.20 Å². The number of aromatic amines is 2. The van der Waals surface area contributed by atoms with Crippen molar-refractivity contribution in [3.63, 3.8) is 0 Å². The lowest BCUT2D eigenvalue weighted by atomic mass is 9.89. The third-order valence-electron chi connectivity index (χ3n) is 6.83. The van der Waals surface area contributed by atoms with Crippen LogP contribution in [0.4, 0.5) is 0 Å². The molecular weight excluding hydrogens is 386 g/mol. The minimum Gasteiger partial charge on any atom is -0.351 e. The second-order valence-corrected chi connectivity index (χ2v) is 8.74. The van der Waals surface area contributed by atoms with Crippen molar-refractivity contribution in [1.29, 1.82) is 0 Å². The summed E-state index contributed by atoms with van der Waals surface area (Å²) in [5, 5.41) is 1.08. The van der Waals surface area contributed by atoms with E-state index in [1.165, 1.54) is 5.56 Å². The minimum atomic E-state index is 0.0895. The normalized spacial score (nSPS) is 23.5. The number of benzene rings is 2. The molecule has 2 aromatic heterocycles. The molecule has 0 saturated carbocycles. The number of hydrogen-bond donors (Lipinski definition) is 2. The van der Waals surface area contributed by atoms with Crippen molar-refractivity contribution in [3.05, 3.63) is 90.1 Å². The summed E-state index contributed by atoms with van der Waals surface area (Å²) in [7, 11) is 0. The molecule has 0 unspecified atom stereocenters. The molecule has 3 atom stereocenters. The van der Waals surface area contributed by atoms with Gasteiger partial charge in [-0.2, -0.15) is 0 Å². The van der Waals surface area contributed by atoms with Gasteiger partial charge in [-0.15, -0.1) is 0 Å². The van der Waals surface area contributed by atoms with Gasteiger partial charge in [-0.3, -0.25) is 9.69 Å². The Morgan fingerprint density at radius 1 is 1.03 bits per heavy atom. The predicted molar refractivity (Wildman–Crippen MR) is 119 cm³/mol. The highest BCUT2D eigenvalue weighted by Crippen LogP contribution is 2.45. The van der Waals surface area contributed by atoms with Crippen LogP contribution in [0.3, 0.4) is 0 Å². The molecule has 2 N–H and O–H groups in total. The highest BCUT2D eigenvalue weighted by molar-refractivity contribution is 5.98. The van der Waals surface area contributed by atoms with Crippen molar-refractivity contribution in [2.45, 2.75) is 12.6 Å². The van der Waals surface area contributed by atoms with Gasteiger partial charge in [-0.25, -0.2) is 4.98 Å². The summed E-state index contributed by atoms with van der Waals surface area (Å²) in [4.78, 5) is 29.1. The van der Waals surface area contributed by atoms with Crippen molar-refractivity contribution in [2.24, 2.45) is 11.8 Å². The average molecular weight is 412 g/mol. The van der Waals surface area contributed by atoms with Gasteiger partial charge in [0.25, 0.3) is 5.91 Å². The second-order valence-electron chi connectivity index (χ2n) is 8.74. The Hall–Kier alpha value is -3.38. The van der Waals surface area contributed by atoms with Crippen LogP contribution in [0.25, 0.3) is 10.9 Å². The number of hydrogen-bond acceptors (Lipinski definition) is 3. The van der Waals surface area contributed by atoms with Crippen molar-refractivity contribution in [1.82, 2.24) is 24.8 Å². The van der Waals surface area contributed by atoms with E-state index in [9.17, 15) is 4.79 Å². The molecule has 0 spiro atoms. The molecule has 6 rings (SSSR count). The summed E-state index contributed by atoms with van der Waals surface area (Å²) in [6.07, 6.45) is 3.68. The van der Waals surface area contributed by atoms with Crippen molar-refractivity contribution < 1.29 is 4.79 Å². The highest BCUT2D eigenvalue weighted by Gasteiger charge is 2.49. The molecule has 6 heteroatoms. The van der Waals surface area contributed by atoms with Crippen LogP contribution in [0.1, 0.15) is 27.9 Å². The van der Waals surface area contributed by atoms with Crippen LogP contribution in [0.2, 0.25) is 0 Å². The zero-order valence-corrected chi connectivity index (χ0v) is 17.2. The zero-order valence-electron chi connectivity index (χ0n) is 17.2. The first-order valence-corrected chi connectivity index (χ1v) is 10.9. The summed E-state index contributed by atoms with van der Waals surface area (Å²) in [6.45, 7) is 3.58. The van der Waals surface area contributed by atoms with Crippen LogP contribution >= 0.6 is 0 Å². The molecule has 0 aliphatic carbocycles. The Kier molecular flexibility index (Phi) is 4.39. The van der Waals surface area contributed by atoms with Crippen LogP contribution in [0.5, 0.6) is 0 Å². The number of carbonyl (C=O) groups is 1. The molecule has 2 aromatic carbocycles. The van der Waals surface area contributed by atoms with E-state index in [0.29, 0.717) is 17.5 Å². The van der Waals surface area contributed by atoms with Gasteiger partial charge in [0.15, 0.2) is 0 Å². The van der Waals surface area contributed by atoms with Gasteiger partial charge in [-0.1, -0.05) is 48.5 Å². The monoisotopic (exact) mass is 411 g/mol. The van der Waals surface area contributed by atoms with Crippen LogP contribution in [0, 0.1) is 11.8 Å². The molecule has 1 amide bonds. The topological polar surface area (TPSA) is 68.0 Å². The number of carbonyl (C=O) groups excluding carboxylic acids is 1. The van der Waals surface area contributed by atoms with Crippen molar-refractivity contribution in [3.8, 4) is 0 Å². The summed E-state index contributed by atoms with van der Waals surface area (Å²) < 4.78 is 0. The number of H-pyrrole nitrogens is 2. The van der Waals surface area contributed by atoms with Crippen LogP contribution in [-0.4, -0.2) is 50.3 Å².